The first-order valence-electron chi connectivity index (χ1n) is 6.67. The topological polar surface area (TPSA) is 87.3 Å². The molecule has 7 nitrogen and oxygen atoms in total. The summed E-state index contributed by atoms with van der Waals surface area (Å²) >= 11 is 0. The number of nitrogens with zero attached hydrogens (tertiary/aromatic N) is 3. The van der Waals surface area contributed by atoms with Crippen LogP contribution in [-0.2, 0) is 16.7 Å². The van der Waals surface area contributed by atoms with E-state index in [1.54, 1.807) is 6.92 Å². The summed E-state index contributed by atoms with van der Waals surface area (Å²) < 4.78 is 6.34. The molecule has 0 saturated heterocycles. The molecule has 1 aromatic heterocycles. The fraction of sp³-hybridized carbons (Fsp3) is 0.692. The summed E-state index contributed by atoms with van der Waals surface area (Å²) in [7, 11) is 0. The number of esters is 1. The van der Waals surface area contributed by atoms with Crippen LogP contribution in [0.5, 0.6) is 0 Å². The van der Waals surface area contributed by atoms with Gasteiger partial charge in [-0.15, -0.1) is 0 Å². The van der Waals surface area contributed by atoms with Crippen LogP contribution in [0.2, 0.25) is 0 Å². The van der Waals surface area contributed by atoms with Gasteiger partial charge in [0.15, 0.2) is 0 Å². The van der Waals surface area contributed by atoms with Gasteiger partial charge in [-0.3, -0.25) is 10.1 Å². The first-order valence-corrected chi connectivity index (χ1v) is 6.67. The second-order valence-electron chi connectivity index (χ2n) is 5.45. The molecule has 0 bridgehead atoms. The highest BCUT2D eigenvalue weighted by atomic mass is 16.6. The number of nitro groups is 1. The summed E-state index contributed by atoms with van der Waals surface area (Å²) in [4.78, 5) is 22.8. The van der Waals surface area contributed by atoms with Crippen molar-refractivity contribution < 1.29 is 14.5 Å². The molecule has 0 radical (unpaired) electrons. The lowest BCUT2D eigenvalue weighted by molar-refractivity contribution is -0.386. The summed E-state index contributed by atoms with van der Waals surface area (Å²) in [5, 5.41) is 15.6. The molecule has 0 amide bonds. The van der Waals surface area contributed by atoms with E-state index < -0.39 is 16.4 Å². The van der Waals surface area contributed by atoms with E-state index in [2.05, 4.69) is 5.10 Å². The molecule has 0 aliphatic rings. The first-order chi connectivity index (χ1) is 9.23. The van der Waals surface area contributed by atoms with Gasteiger partial charge in [-0.2, -0.15) is 5.10 Å². The van der Waals surface area contributed by atoms with E-state index >= 15 is 0 Å². The molecule has 0 aliphatic carbocycles. The average molecular weight is 283 g/mol. The number of carbonyl (C=O) groups is 1. The van der Waals surface area contributed by atoms with Crippen LogP contribution in [0.3, 0.4) is 0 Å². The second-order valence-corrected chi connectivity index (χ2v) is 5.45. The Kier molecular flexibility index (Phi) is 4.86. The van der Waals surface area contributed by atoms with Crippen LogP contribution >= 0.6 is 0 Å². The average Bonchev–Trinajstić information content (AvgIpc) is 2.69. The molecule has 0 unspecified atom stereocenters. The molecule has 0 atom stereocenters. The minimum absolute atomic E-state index is 0.0761. The number of hydrogen-bond acceptors (Lipinski definition) is 5. The van der Waals surface area contributed by atoms with Crippen LogP contribution in [0.25, 0.3) is 0 Å². The molecule has 0 aliphatic heterocycles. The van der Waals surface area contributed by atoms with Gasteiger partial charge in [0.05, 0.1) is 17.1 Å². The van der Waals surface area contributed by atoms with E-state index in [1.165, 1.54) is 4.68 Å². The van der Waals surface area contributed by atoms with E-state index in [4.69, 9.17) is 4.74 Å². The van der Waals surface area contributed by atoms with Crippen LogP contribution in [0, 0.1) is 10.1 Å². The Morgan fingerprint density at radius 1 is 1.40 bits per heavy atom. The van der Waals surface area contributed by atoms with Crippen LogP contribution < -0.4 is 0 Å². The highest BCUT2D eigenvalue weighted by Gasteiger charge is 2.36. The van der Waals surface area contributed by atoms with Crippen LogP contribution in [0.1, 0.15) is 57.2 Å². The molecule has 0 saturated carbocycles. The zero-order valence-corrected chi connectivity index (χ0v) is 12.6. The third kappa shape index (κ3) is 3.15. The van der Waals surface area contributed by atoms with Crippen molar-refractivity contribution in [2.24, 2.45) is 0 Å². The van der Waals surface area contributed by atoms with E-state index in [0.29, 0.717) is 18.5 Å². The van der Waals surface area contributed by atoms with Crippen molar-refractivity contribution in [2.45, 2.75) is 53.0 Å². The normalized spacial score (nSPS) is 11.4. The van der Waals surface area contributed by atoms with Gasteiger partial charge < -0.3 is 4.74 Å². The molecule has 0 spiro atoms. The van der Waals surface area contributed by atoms with Crippen molar-refractivity contribution in [3.05, 3.63) is 21.5 Å². The number of aromatic nitrogens is 2. The van der Waals surface area contributed by atoms with Gasteiger partial charge in [-0.1, -0.05) is 13.3 Å². The van der Waals surface area contributed by atoms with Crippen LogP contribution in [-0.4, -0.2) is 27.3 Å². The van der Waals surface area contributed by atoms with Crippen molar-refractivity contribution in [1.82, 2.24) is 9.78 Å². The summed E-state index contributed by atoms with van der Waals surface area (Å²) in [5.41, 5.74) is -0.526. The minimum Gasteiger partial charge on any atom is -0.461 e. The Balaban J connectivity index is 3.55. The third-order valence-corrected chi connectivity index (χ3v) is 2.70. The molecule has 20 heavy (non-hydrogen) atoms. The van der Waals surface area contributed by atoms with E-state index in [0.717, 1.165) is 0 Å². The minimum atomic E-state index is -0.705. The Bertz CT molecular complexity index is 514. The Morgan fingerprint density at radius 3 is 2.40 bits per heavy atom. The molecule has 1 rings (SSSR count). The van der Waals surface area contributed by atoms with Gasteiger partial charge in [0.1, 0.15) is 5.69 Å². The maximum absolute atomic E-state index is 12.1. The molecule has 1 aromatic rings. The van der Waals surface area contributed by atoms with Crippen molar-refractivity contribution in [1.29, 1.82) is 0 Å². The Labute approximate surface area is 118 Å². The largest absolute Gasteiger partial charge is 0.461 e. The van der Waals surface area contributed by atoms with E-state index in [9.17, 15) is 14.9 Å². The molecular formula is C13H21N3O4. The fourth-order valence-electron chi connectivity index (χ4n) is 1.92. The SMILES string of the molecule is CCCc1nn(C(C)(C)C)c(C(=O)OCC)c1[N+](=O)[O-]. The maximum atomic E-state index is 12.1. The zero-order chi connectivity index (χ0) is 15.5. The smallest absolute Gasteiger partial charge is 0.363 e. The number of rotatable bonds is 5. The molecule has 7 heteroatoms. The van der Waals surface area contributed by atoms with Gasteiger partial charge in [0.25, 0.3) is 0 Å². The molecule has 0 N–H and O–H groups in total. The fourth-order valence-corrected chi connectivity index (χ4v) is 1.92. The van der Waals surface area contributed by atoms with Gasteiger partial charge >= 0.3 is 11.7 Å². The van der Waals surface area contributed by atoms with Gasteiger partial charge in [0, 0.05) is 0 Å². The molecular weight excluding hydrogens is 262 g/mol. The Morgan fingerprint density at radius 2 is 2.00 bits per heavy atom. The van der Waals surface area contributed by atoms with E-state index in [-0.39, 0.29) is 18.0 Å². The summed E-state index contributed by atoms with van der Waals surface area (Å²) in [6, 6.07) is 0. The second kappa shape index (κ2) is 6.02. The molecule has 0 fully saturated rings. The van der Waals surface area contributed by atoms with Gasteiger partial charge in [-0.05, 0) is 34.1 Å². The summed E-state index contributed by atoms with van der Waals surface area (Å²) in [6.07, 6.45) is 1.16. The van der Waals surface area contributed by atoms with Crippen LogP contribution in [0.4, 0.5) is 5.69 Å². The van der Waals surface area contributed by atoms with Crippen molar-refractivity contribution >= 4 is 11.7 Å². The Hall–Kier alpha value is -1.92. The van der Waals surface area contributed by atoms with E-state index in [1.807, 2.05) is 27.7 Å². The lowest BCUT2D eigenvalue weighted by atomic mass is 10.1. The molecule has 1 heterocycles. The number of ether oxygens (including phenoxy) is 1. The highest BCUT2D eigenvalue weighted by molar-refractivity contribution is 5.92. The maximum Gasteiger partial charge on any atom is 0.363 e. The third-order valence-electron chi connectivity index (χ3n) is 2.70. The van der Waals surface area contributed by atoms with Gasteiger partial charge in [-0.25, -0.2) is 9.48 Å². The quantitative estimate of drug-likeness (QED) is 0.471. The standard InChI is InChI=1S/C13H21N3O4/c1-6-8-9-10(16(18)19)11(12(17)20-7-2)15(14-9)13(3,4)5/h6-8H2,1-5H3. The lowest BCUT2D eigenvalue weighted by Gasteiger charge is -2.20. The predicted octanol–water partition coefficient (Wildman–Crippen LogP) is 2.68. The van der Waals surface area contributed by atoms with Crippen molar-refractivity contribution in [2.75, 3.05) is 6.61 Å². The highest BCUT2D eigenvalue weighted by Crippen LogP contribution is 2.30. The van der Waals surface area contributed by atoms with Crippen molar-refractivity contribution in [3.63, 3.8) is 0 Å². The summed E-state index contributed by atoms with van der Waals surface area (Å²) in [6.45, 7) is 9.24. The molecule has 112 valence electrons. The number of aryl methyl sites for hydroxylation is 1. The zero-order valence-electron chi connectivity index (χ0n) is 12.6. The number of hydrogen-bond donors (Lipinski definition) is 0. The molecule has 0 aromatic carbocycles. The van der Waals surface area contributed by atoms with Crippen molar-refractivity contribution in [3.8, 4) is 0 Å². The summed E-state index contributed by atoms with van der Waals surface area (Å²) in [5.74, 6) is -0.705. The number of carbonyl (C=O) groups excluding carboxylic acids is 1. The van der Waals surface area contributed by atoms with Crippen LogP contribution in [0.15, 0.2) is 0 Å². The monoisotopic (exact) mass is 283 g/mol. The van der Waals surface area contributed by atoms with Gasteiger partial charge in [0.2, 0.25) is 5.69 Å². The lowest BCUT2D eigenvalue weighted by Crippen LogP contribution is -2.28. The first kappa shape index (κ1) is 16.1. The predicted molar refractivity (Wildman–Crippen MR) is 73.8 cm³/mol.